The molecule has 4 rings (SSSR count). The highest BCUT2D eigenvalue weighted by atomic mass is 16.5. The molecule has 6 heteroatoms. The van der Waals surface area contributed by atoms with Crippen LogP contribution in [0.25, 0.3) is 11.0 Å². The quantitative estimate of drug-likeness (QED) is 0.729. The van der Waals surface area contributed by atoms with Gasteiger partial charge in [0.15, 0.2) is 0 Å². The number of aromatic nitrogens is 2. The molecule has 2 aromatic carbocycles. The highest BCUT2D eigenvalue weighted by Crippen LogP contribution is 2.35. The van der Waals surface area contributed by atoms with Crippen molar-refractivity contribution in [3.63, 3.8) is 0 Å². The van der Waals surface area contributed by atoms with E-state index in [4.69, 9.17) is 4.74 Å². The van der Waals surface area contributed by atoms with Crippen molar-refractivity contribution in [1.82, 2.24) is 15.0 Å². The summed E-state index contributed by atoms with van der Waals surface area (Å²) in [6, 6.07) is 13.4. The molecule has 0 N–H and O–H groups in total. The lowest BCUT2D eigenvalue weighted by molar-refractivity contribution is -0.130. The first-order valence-corrected chi connectivity index (χ1v) is 8.38. The van der Waals surface area contributed by atoms with Gasteiger partial charge in [-0.05, 0) is 29.8 Å². The van der Waals surface area contributed by atoms with Crippen LogP contribution >= 0.6 is 0 Å². The van der Waals surface area contributed by atoms with Gasteiger partial charge in [-0.2, -0.15) is 5.10 Å². The van der Waals surface area contributed by atoms with Crippen LogP contribution in [0, 0.1) is 0 Å². The normalized spacial score (nSPS) is 16.6. The van der Waals surface area contributed by atoms with E-state index in [1.807, 2.05) is 42.5 Å². The molecular formula is C20H18N4O2. The van der Waals surface area contributed by atoms with Gasteiger partial charge in [0.05, 0.1) is 29.9 Å². The minimum atomic E-state index is -0.168. The third-order valence-corrected chi connectivity index (χ3v) is 4.53. The number of ether oxygens (including phenoxy) is 1. The second-order valence-electron chi connectivity index (χ2n) is 6.13. The van der Waals surface area contributed by atoms with Gasteiger partial charge in [-0.1, -0.05) is 18.2 Å². The van der Waals surface area contributed by atoms with E-state index in [1.165, 1.54) is 6.92 Å². The predicted molar refractivity (Wildman–Crippen MR) is 98.9 cm³/mol. The van der Waals surface area contributed by atoms with Crippen LogP contribution < -0.4 is 4.74 Å². The van der Waals surface area contributed by atoms with E-state index in [-0.39, 0.29) is 11.9 Å². The number of hydrazone groups is 1. The average molecular weight is 346 g/mol. The van der Waals surface area contributed by atoms with Crippen molar-refractivity contribution in [1.29, 1.82) is 0 Å². The van der Waals surface area contributed by atoms with Crippen molar-refractivity contribution in [3.05, 3.63) is 66.0 Å². The minimum absolute atomic E-state index is 0.0980. The second-order valence-corrected chi connectivity index (χ2v) is 6.13. The molecule has 0 bridgehead atoms. The van der Waals surface area contributed by atoms with Crippen molar-refractivity contribution in [3.8, 4) is 5.75 Å². The van der Waals surface area contributed by atoms with Gasteiger partial charge in [-0.25, -0.2) is 5.01 Å². The van der Waals surface area contributed by atoms with Gasteiger partial charge in [-0.15, -0.1) is 0 Å². The molecular weight excluding hydrogens is 328 g/mol. The Morgan fingerprint density at radius 1 is 1.12 bits per heavy atom. The Morgan fingerprint density at radius 2 is 1.88 bits per heavy atom. The third kappa shape index (κ3) is 2.79. The molecule has 0 fully saturated rings. The molecule has 1 amide bonds. The summed E-state index contributed by atoms with van der Waals surface area (Å²) in [6.07, 6.45) is 3.95. The number of rotatable bonds is 3. The molecule has 26 heavy (non-hydrogen) atoms. The van der Waals surface area contributed by atoms with Gasteiger partial charge in [-0.3, -0.25) is 14.8 Å². The maximum absolute atomic E-state index is 12.2. The number of amides is 1. The summed E-state index contributed by atoms with van der Waals surface area (Å²) in [5.41, 5.74) is 4.36. The van der Waals surface area contributed by atoms with Crippen LogP contribution in [-0.4, -0.2) is 33.7 Å². The fourth-order valence-electron chi connectivity index (χ4n) is 3.29. The van der Waals surface area contributed by atoms with E-state index in [9.17, 15) is 4.79 Å². The zero-order valence-corrected chi connectivity index (χ0v) is 14.6. The zero-order valence-electron chi connectivity index (χ0n) is 14.6. The van der Waals surface area contributed by atoms with E-state index in [0.717, 1.165) is 33.6 Å². The minimum Gasteiger partial charge on any atom is -0.496 e. The van der Waals surface area contributed by atoms with E-state index in [0.29, 0.717) is 6.42 Å². The van der Waals surface area contributed by atoms with Crippen LogP contribution in [0.5, 0.6) is 5.75 Å². The van der Waals surface area contributed by atoms with Crippen LogP contribution in [0.3, 0.4) is 0 Å². The highest BCUT2D eigenvalue weighted by Gasteiger charge is 2.32. The van der Waals surface area contributed by atoms with Gasteiger partial charge in [0, 0.05) is 31.3 Å². The number of nitrogens with zero attached hydrogens (tertiary/aromatic N) is 4. The average Bonchev–Trinajstić information content (AvgIpc) is 3.13. The van der Waals surface area contributed by atoms with Crippen molar-refractivity contribution >= 4 is 22.7 Å². The Hall–Kier alpha value is -3.28. The van der Waals surface area contributed by atoms with Crippen LogP contribution in [0.2, 0.25) is 0 Å². The lowest BCUT2D eigenvalue weighted by atomic mass is 9.97. The fraction of sp³-hybridized carbons (Fsp3) is 0.200. The van der Waals surface area contributed by atoms with Crippen LogP contribution in [0.1, 0.15) is 30.5 Å². The van der Waals surface area contributed by atoms with Gasteiger partial charge in [0.1, 0.15) is 5.75 Å². The van der Waals surface area contributed by atoms with Crippen molar-refractivity contribution in [2.45, 2.75) is 19.4 Å². The molecule has 1 aliphatic rings. The topological polar surface area (TPSA) is 67.7 Å². The first-order chi connectivity index (χ1) is 12.7. The molecule has 0 saturated carbocycles. The summed E-state index contributed by atoms with van der Waals surface area (Å²) in [5.74, 6) is 0.652. The molecule has 6 nitrogen and oxygen atoms in total. The molecule has 1 atom stereocenters. The lowest BCUT2D eigenvalue weighted by Gasteiger charge is -2.20. The van der Waals surface area contributed by atoms with Gasteiger partial charge in [0.2, 0.25) is 5.91 Å². The number of methoxy groups -OCH3 is 1. The van der Waals surface area contributed by atoms with Crippen LogP contribution in [0.4, 0.5) is 0 Å². The number of carbonyl (C=O) groups excluding carboxylic acids is 1. The van der Waals surface area contributed by atoms with Crippen molar-refractivity contribution in [2.75, 3.05) is 7.11 Å². The molecule has 1 aliphatic heterocycles. The number of hydrogen-bond acceptors (Lipinski definition) is 5. The fourth-order valence-corrected chi connectivity index (χ4v) is 3.29. The largest absolute Gasteiger partial charge is 0.496 e. The van der Waals surface area contributed by atoms with Gasteiger partial charge in [0.25, 0.3) is 0 Å². The van der Waals surface area contributed by atoms with Gasteiger partial charge < -0.3 is 4.74 Å². The number of carbonyl (C=O) groups is 1. The van der Waals surface area contributed by atoms with Crippen molar-refractivity contribution in [2.24, 2.45) is 5.10 Å². The van der Waals surface area contributed by atoms with Crippen LogP contribution in [-0.2, 0) is 4.79 Å². The molecule has 2 heterocycles. The maximum Gasteiger partial charge on any atom is 0.240 e. The molecule has 3 aromatic rings. The summed E-state index contributed by atoms with van der Waals surface area (Å²) in [6.45, 7) is 1.53. The number of para-hydroxylation sites is 1. The summed E-state index contributed by atoms with van der Waals surface area (Å²) in [4.78, 5) is 20.8. The standard InChI is InChI=1S/C20H18N4O2/c1-13(25)24-19(14-7-8-16-18(11-14)22-10-9-21-16)12-17(23-24)15-5-3-4-6-20(15)26-2/h3-11,19H,12H2,1-2H3/t19-/m0/s1. The van der Waals surface area contributed by atoms with Crippen molar-refractivity contribution < 1.29 is 9.53 Å². The SMILES string of the molecule is COc1ccccc1C1=NN(C(C)=O)[C@H](c2ccc3nccnc3c2)C1. The summed E-state index contributed by atoms with van der Waals surface area (Å²) < 4.78 is 5.45. The molecule has 0 saturated heterocycles. The number of benzene rings is 2. The highest BCUT2D eigenvalue weighted by molar-refractivity contribution is 6.05. The van der Waals surface area contributed by atoms with Crippen LogP contribution in [0.15, 0.2) is 60.0 Å². The maximum atomic E-state index is 12.2. The van der Waals surface area contributed by atoms with Gasteiger partial charge >= 0.3 is 0 Å². The Kier molecular flexibility index (Phi) is 4.08. The van der Waals surface area contributed by atoms with E-state index in [2.05, 4.69) is 15.1 Å². The first kappa shape index (κ1) is 16.2. The van der Waals surface area contributed by atoms with E-state index >= 15 is 0 Å². The Bertz CT molecular complexity index is 1020. The Balaban J connectivity index is 1.74. The zero-order chi connectivity index (χ0) is 18.1. The lowest BCUT2D eigenvalue weighted by Crippen LogP contribution is -2.24. The third-order valence-electron chi connectivity index (χ3n) is 4.53. The predicted octanol–water partition coefficient (Wildman–Crippen LogP) is 3.34. The Labute approximate surface area is 151 Å². The molecule has 130 valence electrons. The number of fused-ring (bicyclic) bond motifs is 1. The molecule has 1 aromatic heterocycles. The van der Waals surface area contributed by atoms with E-state index in [1.54, 1.807) is 24.5 Å². The summed E-state index contributed by atoms with van der Waals surface area (Å²) in [5, 5.41) is 6.13. The summed E-state index contributed by atoms with van der Waals surface area (Å²) >= 11 is 0. The monoisotopic (exact) mass is 346 g/mol. The second kappa shape index (κ2) is 6.55. The first-order valence-electron chi connectivity index (χ1n) is 8.38. The molecule has 0 spiro atoms. The number of hydrogen-bond donors (Lipinski definition) is 0. The van der Waals surface area contributed by atoms with E-state index < -0.39 is 0 Å². The smallest absolute Gasteiger partial charge is 0.240 e. The molecule has 0 radical (unpaired) electrons. The summed E-state index contributed by atoms with van der Waals surface area (Å²) in [7, 11) is 1.64. The molecule has 0 aliphatic carbocycles. The molecule has 0 unspecified atom stereocenters. The Morgan fingerprint density at radius 3 is 2.65 bits per heavy atom.